The molecule has 0 aliphatic rings. The largest absolute Gasteiger partial charge is 0.103 e. The van der Waals surface area contributed by atoms with Crippen molar-refractivity contribution in [3.05, 3.63) is 12.7 Å². The molecule has 0 rings (SSSR count). The highest BCUT2D eigenvalue weighted by Crippen LogP contribution is 2.48. The third kappa shape index (κ3) is 4.29. The SMILES string of the molecule is C=CCCCC[Si](C)(C)C([Si](C)C)([Si](C)C)[Si](C)C. The Kier molecular flexibility index (Phi) is 8.41. The van der Waals surface area contributed by atoms with Gasteiger partial charge in [-0.05, 0) is 6.42 Å². The lowest BCUT2D eigenvalue weighted by atomic mass is 10.2. The fraction of sp³-hybridized carbons (Fsp3) is 0.867. The lowest BCUT2D eigenvalue weighted by Gasteiger charge is -2.54. The molecule has 0 aliphatic heterocycles. The van der Waals surface area contributed by atoms with Gasteiger partial charge < -0.3 is 0 Å². The van der Waals surface area contributed by atoms with Crippen LogP contribution in [-0.2, 0) is 0 Å². The molecule has 0 aromatic carbocycles. The Hall–Kier alpha value is 0.608. The van der Waals surface area contributed by atoms with Crippen LogP contribution in [0.2, 0.25) is 62.3 Å². The molecule has 0 bridgehead atoms. The third-order valence-electron chi connectivity index (χ3n) is 4.73. The van der Waals surface area contributed by atoms with Crippen LogP contribution >= 0.6 is 0 Å². The molecule has 0 saturated heterocycles. The van der Waals surface area contributed by atoms with E-state index in [9.17, 15) is 0 Å². The van der Waals surface area contributed by atoms with Crippen molar-refractivity contribution in [3.8, 4) is 0 Å². The first kappa shape index (κ1) is 19.6. The van der Waals surface area contributed by atoms with E-state index < -0.39 is 8.07 Å². The Morgan fingerprint density at radius 2 is 1.32 bits per heavy atom. The zero-order valence-corrected chi connectivity index (χ0v) is 18.6. The maximum absolute atomic E-state index is 3.85. The number of allylic oxidation sites excluding steroid dienone is 1. The quantitative estimate of drug-likeness (QED) is 0.291. The summed E-state index contributed by atoms with van der Waals surface area (Å²) >= 11 is 0. The van der Waals surface area contributed by atoms with Crippen molar-refractivity contribution in [2.45, 2.75) is 81.6 Å². The molecule has 0 amide bonds. The van der Waals surface area contributed by atoms with Gasteiger partial charge in [0.25, 0.3) is 0 Å². The van der Waals surface area contributed by atoms with Crippen LogP contribution in [0, 0.1) is 0 Å². The summed E-state index contributed by atoms with van der Waals surface area (Å²) in [6, 6.07) is 1.54. The minimum Gasteiger partial charge on any atom is -0.103 e. The Labute approximate surface area is 128 Å². The standard InChI is InChI=1S/C15H35Si4/c1-10-11-12-13-14-19(8,9)15(16(2)3,17(4)5)18(6)7/h10H,1,11-14H2,2-9H3. The van der Waals surface area contributed by atoms with E-state index in [4.69, 9.17) is 0 Å². The van der Waals surface area contributed by atoms with Gasteiger partial charge in [0.15, 0.2) is 0 Å². The van der Waals surface area contributed by atoms with E-state index in [0.717, 1.165) is 3.91 Å². The van der Waals surface area contributed by atoms with Gasteiger partial charge in [-0.25, -0.2) is 0 Å². The fourth-order valence-electron chi connectivity index (χ4n) is 4.57. The Balaban J connectivity index is 5.16. The molecule has 0 spiro atoms. The molecule has 4 heteroatoms. The van der Waals surface area contributed by atoms with Crippen molar-refractivity contribution in [1.82, 2.24) is 0 Å². The molecule has 0 N–H and O–H groups in total. The molecule has 19 heavy (non-hydrogen) atoms. The molecular weight excluding hydrogens is 293 g/mol. The Morgan fingerprint density at radius 3 is 1.63 bits per heavy atom. The summed E-state index contributed by atoms with van der Waals surface area (Å²) in [7, 11) is -1.71. The maximum atomic E-state index is 3.85. The molecule has 0 atom stereocenters. The smallest absolute Gasteiger partial charge is 0.0450 e. The van der Waals surface area contributed by atoms with Crippen molar-refractivity contribution < 1.29 is 0 Å². The van der Waals surface area contributed by atoms with Crippen LogP contribution in [0.4, 0.5) is 0 Å². The number of hydrogen-bond donors (Lipinski definition) is 0. The second-order valence-corrected chi connectivity index (χ2v) is 23.4. The molecule has 111 valence electrons. The average molecular weight is 328 g/mol. The van der Waals surface area contributed by atoms with E-state index in [1.165, 1.54) is 19.3 Å². The molecule has 3 radical (unpaired) electrons. The van der Waals surface area contributed by atoms with E-state index in [-0.39, 0.29) is 26.4 Å². The summed E-state index contributed by atoms with van der Waals surface area (Å²) in [6.07, 6.45) is 6.09. The predicted molar refractivity (Wildman–Crippen MR) is 101 cm³/mol. The first-order chi connectivity index (χ1) is 8.64. The normalized spacial score (nSPS) is 13.6. The topological polar surface area (TPSA) is 0 Å². The summed E-state index contributed by atoms with van der Waals surface area (Å²) in [6.45, 7) is 24.9. The molecule has 0 aromatic heterocycles. The van der Waals surface area contributed by atoms with Gasteiger partial charge in [0.05, 0.1) is 0 Å². The summed E-state index contributed by atoms with van der Waals surface area (Å²) < 4.78 is 0.862. The summed E-state index contributed by atoms with van der Waals surface area (Å²) in [5.74, 6) is 0. The van der Waals surface area contributed by atoms with Crippen molar-refractivity contribution in [3.63, 3.8) is 0 Å². The monoisotopic (exact) mass is 327 g/mol. The van der Waals surface area contributed by atoms with Crippen LogP contribution in [0.1, 0.15) is 19.3 Å². The molecule has 0 heterocycles. The minimum absolute atomic E-state index is 0.198. The van der Waals surface area contributed by atoms with Crippen molar-refractivity contribution >= 4 is 34.5 Å². The zero-order chi connectivity index (χ0) is 15.3. The van der Waals surface area contributed by atoms with Gasteiger partial charge in [-0.1, -0.05) is 81.2 Å². The van der Waals surface area contributed by atoms with Crippen LogP contribution in [-0.4, -0.2) is 34.5 Å². The van der Waals surface area contributed by atoms with Crippen molar-refractivity contribution in [2.75, 3.05) is 0 Å². The summed E-state index contributed by atoms with van der Waals surface area (Å²) in [4.78, 5) is 0. The number of hydrogen-bond acceptors (Lipinski definition) is 0. The molecule has 0 aliphatic carbocycles. The van der Waals surface area contributed by atoms with Crippen LogP contribution in [0.15, 0.2) is 12.7 Å². The molecular formula is C15H35Si4. The van der Waals surface area contributed by atoms with Gasteiger partial charge in [0.2, 0.25) is 0 Å². The summed E-state index contributed by atoms with van der Waals surface area (Å²) in [5.41, 5.74) is 0. The third-order valence-corrected chi connectivity index (χ3v) is 32.5. The second-order valence-electron chi connectivity index (χ2n) is 7.17. The Bertz CT molecular complexity index is 248. The average Bonchev–Trinajstić information content (AvgIpc) is 2.22. The van der Waals surface area contributed by atoms with Gasteiger partial charge in [0, 0.05) is 34.5 Å². The van der Waals surface area contributed by atoms with Gasteiger partial charge >= 0.3 is 0 Å². The Morgan fingerprint density at radius 1 is 0.895 bits per heavy atom. The van der Waals surface area contributed by atoms with Gasteiger partial charge in [0.1, 0.15) is 0 Å². The van der Waals surface area contributed by atoms with Gasteiger partial charge in [-0.3, -0.25) is 0 Å². The lowest BCUT2D eigenvalue weighted by molar-refractivity contribution is 0.800. The second kappa shape index (κ2) is 8.15. The van der Waals surface area contributed by atoms with E-state index in [2.05, 4.69) is 65.0 Å². The molecule has 0 saturated carbocycles. The van der Waals surface area contributed by atoms with E-state index >= 15 is 0 Å². The number of unbranched alkanes of at least 4 members (excludes halogenated alkanes) is 2. The summed E-state index contributed by atoms with van der Waals surface area (Å²) in [5, 5.41) is 0. The first-order valence-corrected chi connectivity index (χ1v) is 18.4. The highest BCUT2D eigenvalue weighted by atomic mass is 28.5. The van der Waals surface area contributed by atoms with Crippen LogP contribution in [0.5, 0.6) is 0 Å². The van der Waals surface area contributed by atoms with Gasteiger partial charge in [-0.2, -0.15) is 0 Å². The lowest BCUT2D eigenvalue weighted by Crippen LogP contribution is -2.62. The molecule has 0 nitrogen and oxygen atoms in total. The highest BCUT2D eigenvalue weighted by Gasteiger charge is 2.53. The predicted octanol–water partition coefficient (Wildman–Crippen LogP) is 5.67. The van der Waals surface area contributed by atoms with Crippen molar-refractivity contribution in [1.29, 1.82) is 0 Å². The van der Waals surface area contributed by atoms with Crippen molar-refractivity contribution in [2.24, 2.45) is 0 Å². The van der Waals surface area contributed by atoms with E-state index in [0.29, 0.717) is 0 Å². The zero-order valence-electron chi connectivity index (χ0n) is 14.6. The molecule has 0 aromatic rings. The van der Waals surface area contributed by atoms with E-state index in [1.807, 2.05) is 0 Å². The number of rotatable bonds is 9. The highest BCUT2D eigenvalue weighted by molar-refractivity contribution is 7.17. The maximum Gasteiger partial charge on any atom is 0.0450 e. The minimum atomic E-state index is -1.12. The van der Waals surface area contributed by atoms with Crippen LogP contribution in [0.3, 0.4) is 0 Å². The fourth-order valence-corrected chi connectivity index (χ4v) is 35.4. The van der Waals surface area contributed by atoms with E-state index in [1.54, 1.807) is 6.04 Å². The molecule has 0 unspecified atom stereocenters. The van der Waals surface area contributed by atoms with Crippen LogP contribution < -0.4 is 0 Å². The molecule has 0 fully saturated rings. The van der Waals surface area contributed by atoms with Crippen LogP contribution in [0.25, 0.3) is 0 Å². The first-order valence-electron chi connectivity index (χ1n) is 7.67. The van der Waals surface area contributed by atoms with Gasteiger partial charge in [-0.15, -0.1) is 6.58 Å².